The Hall–Kier alpha value is -4.72. The third kappa shape index (κ3) is 4.93. The van der Waals surface area contributed by atoms with Gasteiger partial charge in [0.05, 0.1) is 23.2 Å². The maximum atomic E-state index is 13.6. The van der Waals surface area contributed by atoms with Gasteiger partial charge >= 0.3 is 0 Å². The average molecular weight is 502 g/mol. The molecule has 0 spiro atoms. The van der Waals surface area contributed by atoms with E-state index in [-0.39, 0.29) is 17.8 Å². The molecule has 188 valence electrons. The number of amides is 1. The number of terminal acetylenes is 1. The second-order valence-corrected chi connectivity index (χ2v) is 9.77. The highest BCUT2D eigenvalue weighted by atomic mass is 16.4. The second-order valence-electron chi connectivity index (χ2n) is 9.77. The normalized spacial score (nSPS) is 16.4. The van der Waals surface area contributed by atoms with Crippen molar-refractivity contribution in [2.75, 3.05) is 6.54 Å². The van der Waals surface area contributed by atoms with Gasteiger partial charge in [-0.3, -0.25) is 4.79 Å². The molecule has 1 fully saturated rings. The molecule has 7 heteroatoms. The summed E-state index contributed by atoms with van der Waals surface area (Å²) in [5.74, 6) is 3.08. The molecule has 0 bridgehead atoms. The summed E-state index contributed by atoms with van der Waals surface area (Å²) in [7, 11) is 0. The van der Waals surface area contributed by atoms with Crippen LogP contribution in [-0.2, 0) is 12.0 Å². The Kier molecular flexibility index (Phi) is 6.79. The molecule has 0 aliphatic carbocycles. The largest absolute Gasteiger partial charge is 0.419 e. The van der Waals surface area contributed by atoms with E-state index >= 15 is 0 Å². The number of aromatic nitrogens is 2. The van der Waals surface area contributed by atoms with Crippen molar-refractivity contribution in [1.82, 2.24) is 15.1 Å². The van der Waals surface area contributed by atoms with Crippen LogP contribution in [0.25, 0.3) is 22.6 Å². The first-order chi connectivity index (χ1) is 18.4. The van der Waals surface area contributed by atoms with E-state index in [1.54, 1.807) is 29.2 Å². The fraction of sp³-hybridized carbons (Fsp3) is 0.226. The molecular formula is C31H27N5O2. The van der Waals surface area contributed by atoms with Crippen LogP contribution in [0.15, 0.2) is 77.2 Å². The summed E-state index contributed by atoms with van der Waals surface area (Å²) in [5.41, 5.74) is 9.64. The maximum absolute atomic E-state index is 13.6. The Morgan fingerprint density at radius 2 is 1.87 bits per heavy atom. The highest BCUT2D eigenvalue weighted by molar-refractivity contribution is 5.97. The minimum absolute atomic E-state index is 0.171. The SMILES string of the molecule is C#C[C@H]1CCCN1C(=O)c1cc(-c2nnc(C(C)(N)Cc3ccccc3)o2)cc(-c2ccccc2C#N)c1. The Balaban J connectivity index is 1.57. The molecule has 1 amide bonds. The zero-order valence-corrected chi connectivity index (χ0v) is 21.1. The summed E-state index contributed by atoms with van der Waals surface area (Å²) in [6, 6.07) is 24.5. The van der Waals surface area contributed by atoms with E-state index in [0.29, 0.717) is 46.7 Å². The minimum atomic E-state index is -0.897. The quantitative estimate of drug-likeness (QED) is 0.375. The molecule has 38 heavy (non-hydrogen) atoms. The molecule has 7 nitrogen and oxygen atoms in total. The topological polar surface area (TPSA) is 109 Å². The summed E-state index contributed by atoms with van der Waals surface area (Å²) < 4.78 is 6.09. The molecule has 5 rings (SSSR count). The fourth-order valence-corrected chi connectivity index (χ4v) is 4.88. The Bertz CT molecular complexity index is 1560. The van der Waals surface area contributed by atoms with Crippen molar-refractivity contribution >= 4 is 5.91 Å². The number of likely N-dealkylation sites (tertiary alicyclic amines) is 1. The monoisotopic (exact) mass is 501 g/mol. The molecule has 2 N–H and O–H groups in total. The van der Waals surface area contributed by atoms with Crippen LogP contribution < -0.4 is 5.73 Å². The van der Waals surface area contributed by atoms with Crippen molar-refractivity contribution in [2.45, 2.75) is 37.8 Å². The predicted octanol–water partition coefficient (Wildman–Crippen LogP) is 4.93. The van der Waals surface area contributed by atoms with Crippen molar-refractivity contribution in [3.8, 4) is 41.0 Å². The van der Waals surface area contributed by atoms with Crippen LogP contribution in [0.2, 0.25) is 0 Å². The fourth-order valence-electron chi connectivity index (χ4n) is 4.88. The average Bonchev–Trinajstić information content (AvgIpc) is 3.63. The van der Waals surface area contributed by atoms with E-state index in [0.717, 1.165) is 18.4 Å². The Morgan fingerprint density at radius 1 is 1.13 bits per heavy atom. The van der Waals surface area contributed by atoms with E-state index in [2.05, 4.69) is 22.2 Å². The van der Waals surface area contributed by atoms with Gasteiger partial charge in [-0.2, -0.15) is 5.26 Å². The molecule has 1 aliphatic rings. The standard InChI is InChI=1S/C31H27N5O2/c1-3-26-13-9-15-36(26)29(37)25-17-23(27-14-8-7-12-22(27)20-32)16-24(18-25)28-34-35-30(38-28)31(2,33)19-21-10-5-4-6-11-21/h1,4-8,10-12,14,16-18,26H,9,13,15,19,33H2,2H3/t26-,31?/m0/s1. The van der Waals surface area contributed by atoms with E-state index in [1.165, 1.54) is 0 Å². The Labute approximate surface area is 221 Å². The number of nitrogens with two attached hydrogens (primary N) is 1. The van der Waals surface area contributed by atoms with Crippen molar-refractivity contribution in [3.05, 3.63) is 95.4 Å². The van der Waals surface area contributed by atoms with Gasteiger partial charge in [-0.25, -0.2) is 0 Å². The van der Waals surface area contributed by atoms with Gasteiger partial charge in [0.1, 0.15) is 0 Å². The van der Waals surface area contributed by atoms with Crippen LogP contribution in [0.1, 0.15) is 47.1 Å². The van der Waals surface area contributed by atoms with Crippen LogP contribution in [-0.4, -0.2) is 33.6 Å². The number of nitrogens with zero attached hydrogens (tertiary/aromatic N) is 4. The first-order valence-corrected chi connectivity index (χ1v) is 12.5. The first-order valence-electron chi connectivity index (χ1n) is 12.5. The lowest BCUT2D eigenvalue weighted by molar-refractivity contribution is 0.0766. The molecule has 2 heterocycles. The number of nitriles is 1. The van der Waals surface area contributed by atoms with E-state index in [1.807, 2.05) is 55.5 Å². The van der Waals surface area contributed by atoms with Gasteiger partial charge in [0.15, 0.2) is 0 Å². The van der Waals surface area contributed by atoms with Gasteiger partial charge in [-0.05, 0) is 67.1 Å². The molecule has 1 aromatic heterocycles. The van der Waals surface area contributed by atoms with Crippen molar-refractivity contribution < 1.29 is 9.21 Å². The molecule has 0 saturated carbocycles. The zero-order chi connectivity index (χ0) is 26.7. The Morgan fingerprint density at radius 3 is 2.63 bits per heavy atom. The van der Waals surface area contributed by atoms with Gasteiger partial charge in [0.25, 0.3) is 5.91 Å². The third-order valence-corrected chi connectivity index (χ3v) is 6.82. The van der Waals surface area contributed by atoms with Gasteiger partial charge in [-0.15, -0.1) is 16.6 Å². The third-order valence-electron chi connectivity index (χ3n) is 6.82. The number of rotatable bonds is 6. The van der Waals surface area contributed by atoms with Gasteiger partial charge in [0, 0.05) is 17.7 Å². The molecule has 1 saturated heterocycles. The van der Waals surface area contributed by atoms with Crippen molar-refractivity contribution in [1.29, 1.82) is 5.26 Å². The molecule has 4 aromatic rings. The highest BCUT2D eigenvalue weighted by Gasteiger charge is 2.31. The van der Waals surface area contributed by atoms with Gasteiger partial charge < -0.3 is 15.1 Å². The van der Waals surface area contributed by atoms with Crippen LogP contribution in [0.4, 0.5) is 0 Å². The van der Waals surface area contributed by atoms with Crippen LogP contribution in [0, 0.1) is 23.7 Å². The molecule has 2 atom stereocenters. The summed E-state index contributed by atoms with van der Waals surface area (Å²) in [6.07, 6.45) is 7.83. The van der Waals surface area contributed by atoms with Gasteiger partial charge in [0.2, 0.25) is 11.8 Å². The van der Waals surface area contributed by atoms with E-state index < -0.39 is 5.54 Å². The second kappa shape index (κ2) is 10.3. The minimum Gasteiger partial charge on any atom is -0.419 e. The molecule has 1 unspecified atom stereocenters. The summed E-state index contributed by atoms with van der Waals surface area (Å²) in [4.78, 5) is 15.3. The molecule has 1 aliphatic heterocycles. The number of benzene rings is 3. The lowest BCUT2D eigenvalue weighted by Gasteiger charge is -2.21. The summed E-state index contributed by atoms with van der Waals surface area (Å²) in [6.45, 7) is 2.44. The maximum Gasteiger partial charge on any atom is 0.254 e. The zero-order valence-electron chi connectivity index (χ0n) is 21.1. The summed E-state index contributed by atoms with van der Waals surface area (Å²) in [5, 5.41) is 18.2. The molecule has 0 radical (unpaired) electrons. The number of hydrogen-bond acceptors (Lipinski definition) is 6. The van der Waals surface area contributed by atoms with E-state index in [4.69, 9.17) is 16.6 Å². The predicted molar refractivity (Wildman–Crippen MR) is 144 cm³/mol. The number of hydrogen-bond donors (Lipinski definition) is 1. The van der Waals surface area contributed by atoms with Gasteiger partial charge in [-0.1, -0.05) is 54.5 Å². The van der Waals surface area contributed by atoms with E-state index in [9.17, 15) is 10.1 Å². The number of carbonyl (C=O) groups excluding carboxylic acids is 1. The van der Waals surface area contributed by atoms with Crippen LogP contribution >= 0.6 is 0 Å². The lowest BCUT2D eigenvalue weighted by Crippen LogP contribution is -2.35. The molecule has 3 aromatic carbocycles. The van der Waals surface area contributed by atoms with Crippen LogP contribution in [0.5, 0.6) is 0 Å². The smallest absolute Gasteiger partial charge is 0.254 e. The first kappa shape index (κ1) is 25.0. The lowest BCUT2D eigenvalue weighted by atomic mass is 9.94. The summed E-state index contributed by atoms with van der Waals surface area (Å²) >= 11 is 0. The van der Waals surface area contributed by atoms with Crippen molar-refractivity contribution in [2.24, 2.45) is 5.73 Å². The number of carbonyl (C=O) groups is 1. The van der Waals surface area contributed by atoms with Crippen LogP contribution in [0.3, 0.4) is 0 Å². The highest BCUT2D eigenvalue weighted by Crippen LogP contribution is 2.32. The molecular weight excluding hydrogens is 474 g/mol. The van der Waals surface area contributed by atoms with Crippen molar-refractivity contribution in [3.63, 3.8) is 0 Å².